The Morgan fingerprint density at radius 1 is 1.58 bits per heavy atom. The maximum atomic E-state index is 10.7. The highest BCUT2D eigenvalue weighted by molar-refractivity contribution is 8.13. The van der Waals surface area contributed by atoms with Crippen LogP contribution in [0.4, 0.5) is 4.79 Å². The number of nitrogens with one attached hydrogen (secondary N) is 1. The number of alkyl carbamates (subject to hydrolysis) is 1. The minimum absolute atomic E-state index is 0.171. The fourth-order valence-electron chi connectivity index (χ4n) is 0.509. The van der Waals surface area contributed by atoms with Gasteiger partial charge in [-0.05, 0) is 20.1 Å². The Bertz CT molecular complexity index is 180. The van der Waals surface area contributed by atoms with E-state index >= 15 is 0 Å². The molecule has 1 amide bonds. The molecule has 0 radical (unpaired) electrons. The lowest BCUT2D eigenvalue weighted by molar-refractivity contribution is 0.177. The highest BCUT2D eigenvalue weighted by Gasteiger charge is 2.03. The van der Waals surface area contributed by atoms with Crippen molar-refractivity contribution < 1.29 is 9.53 Å². The van der Waals surface area contributed by atoms with Crippen LogP contribution in [0.3, 0.4) is 0 Å². The van der Waals surface area contributed by atoms with Gasteiger partial charge in [-0.3, -0.25) is 10.3 Å². The number of nitrogens with zero attached hydrogens (tertiary/aromatic N) is 1. The van der Waals surface area contributed by atoms with E-state index in [2.05, 4.69) is 15.0 Å². The first-order chi connectivity index (χ1) is 5.60. The van der Waals surface area contributed by atoms with E-state index in [1.807, 2.05) is 20.1 Å². The van der Waals surface area contributed by atoms with Gasteiger partial charge in [0.1, 0.15) is 0 Å². The molecule has 0 spiro atoms. The summed E-state index contributed by atoms with van der Waals surface area (Å²) in [5.41, 5.74) is 0. The molecule has 0 rings (SSSR count). The zero-order valence-corrected chi connectivity index (χ0v) is 8.57. The van der Waals surface area contributed by atoms with Gasteiger partial charge in [-0.2, -0.15) is 0 Å². The van der Waals surface area contributed by atoms with Crippen LogP contribution in [0.2, 0.25) is 0 Å². The van der Waals surface area contributed by atoms with Gasteiger partial charge < -0.3 is 4.74 Å². The summed E-state index contributed by atoms with van der Waals surface area (Å²) in [5.74, 6) is 0. The number of carbonyl (C=O) groups is 1. The van der Waals surface area contributed by atoms with Crippen LogP contribution in [-0.4, -0.2) is 30.7 Å². The summed E-state index contributed by atoms with van der Waals surface area (Å²) < 4.78 is 4.42. The molecule has 0 heterocycles. The number of hydrogen-bond acceptors (Lipinski definition) is 4. The van der Waals surface area contributed by atoms with Gasteiger partial charge in [0.05, 0.1) is 7.11 Å². The maximum Gasteiger partial charge on any atom is 0.412 e. The van der Waals surface area contributed by atoms with Crippen molar-refractivity contribution in [3.8, 4) is 0 Å². The standard InChI is InChI=1S/C7H14N2O2S/c1-5(2)8-6(12-4)9-7(10)11-3/h5H,1-4H3,(H,8,9,10). The van der Waals surface area contributed by atoms with Crippen LogP contribution in [0.25, 0.3) is 0 Å². The van der Waals surface area contributed by atoms with E-state index < -0.39 is 6.09 Å². The molecule has 0 fully saturated rings. The van der Waals surface area contributed by atoms with E-state index in [4.69, 9.17) is 0 Å². The van der Waals surface area contributed by atoms with Crippen molar-refractivity contribution in [3.05, 3.63) is 0 Å². The predicted molar refractivity (Wildman–Crippen MR) is 51.6 cm³/mol. The Hall–Kier alpha value is -0.710. The number of hydrogen-bond donors (Lipinski definition) is 1. The van der Waals surface area contributed by atoms with Crippen molar-refractivity contribution in [2.75, 3.05) is 13.4 Å². The average molecular weight is 190 g/mol. The molecule has 1 N–H and O–H groups in total. The quantitative estimate of drug-likeness (QED) is 0.503. The van der Waals surface area contributed by atoms with Crippen molar-refractivity contribution in [2.24, 2.45) is 4.99 Å². The second-order valence-electron chi connectivity index (χ2n) is 2.35. The molecule has 0 bridgehead atoms. The summed E-state index contributed by atoms with van der Waals surface area (Å²) in [6.45, 7) is 3.88. The Kier molecular flexibility index (Phi) is 5.53. The van der Waals surface area contributed by atoms with Crippen LogP contribution in [0.5, 0.6) is 0 Å². The van der Waals surface area contributed by atoms with E-state index in [0.717, 1.165) is 0 Å². The van der Waals surface area contributed by atoms with Crippen molar-refractivity contribution in [1.29, 1.82) is 0 Å². The fourth-order valence-corrected chi connectivity index (χ4v) is 1.01. The number of aliphatic imine (C=N–C) groups is 1. The summed E-state index contributed by atoms with van der Waals surface area (Å²) in [6, 6.07) is 0.171. The fraction of sp³-hybridized carbons (Fsp3) is 0.714. The molecule has 0 aromatic carbocycles. The Balaban J connectivity index is 4.08. The van der Waals surface area contributed by atoms with Gasteiger partial charge in [-0.15, -0.1) is 0 Å². The SMILES string of the molecule is COC(=O)NC(=NC(C)C)SC. The smallest absolute Gasteiger partial charge is 0.412 e. The van der Waals surface area contributed by atoms with Crippen LogP contribution >= 0.6 is 11.8 Å². The van der Waals surface area contributed by atoms with E-state index in [9.17, 15) is 4.79 Å². The number of rotatable bonds is 1. The zero-order chi connectivity index (χ0) is 9.56. The molecule has 0 saturated carbocycles. The summed E-state index contributed by atoms with van der Waals surface area (Å²) in [5, 5.41) is 3.08. The first-order valence-corrected chi connectivity index (χ1v) is 4.79. The van der Waals surface area contributed by atoms with Crippen molar-refractivity contribution in [3.63, 3.8) is 0 Å². The van der Waals surface area contributed by atoms with E-state index in [1.165, 1.54) is 18.9 Å². The molecule has 12 heavy (non-hydrogen) atoms. The van der Waals surface area contributed by atoms with E-state index in [1.54, 1.807) is 0 Å². The number of amidine groups is 1. The number of carbonyl (C=O) groups excluding carboxylic acids is 1. The zero-order valence-electron chi connectivity index (χ0n) is 7.75. The lowest BCUT2D eigenvalue weighted by Crippen LogP contribution is -2.28. The molecule has 0 saturated heterocycles. The topological polar surface area (TPSA) is 50.7 Å². The van der Waals surface area contributed by atoms with Crippen molar-refractivity contribution in [1.82, 2.24) is 5.32 Å². The summed E-state index contributed by atoms with van der Waals surface area (Å²) in [4.78, 5) is 14.9. The van der Waals surface area contributed by atoms with E-state index in [-0.39, 0.29) is 6.04 Å². The molecule has 70 valence electrons. The van der Waals surface area contributed by atoms with Gasteiger partial charge in [0.15, 0.2) is 5.17 Å². The average Bonchev–Trinajstić information content (AvgIpc) is 2.02. The van der Waals surface area contributed by atoms with Crippen LogP contribution in [-0.2, 0) is 4.74 Å². The van der Waals surface area contributed by atoms with Crippen LogP contribution in [0.15, 0.2) is 4.99 Å². The van der Waals surface area contributed by atoms with Crippen molar-refractivity contribution >= 4 is 23.0 Å². The normalized spacial score (nSPS) is 11.6. The Labute approximate surface area is 76.8 Å². The molecule has 5 heteroatoms. The van der Waals surface area contributed by atoms with Gasteiger partial charge in [0.2, 0.25) is 0 Å². The maximum absolute atomic E-state index is 10.7. The minimum atomic E-state index is -0.483. The number of ether oxygens (including phenoxy) is 1. The molecule has 0 atom stereocenters. The second-order valence-corrected chi connectivity index (χ2v) is 3.14. The van der Waals surface area contributed by atoms with Gasteiger partial charge in [-0.25, -0.2) is 4.79 Å². The van der Waals surface area contributed by atoms with Crippen molar-refractivity contribution in [2.45, 2.75) is 19.9 Å². The molecular formula is C7H14N2O2S. The van der Waals surface area contributed by atoms with Crippen LogP contribution in [0, 0.1) is 0 Å². The molecule has 0 aliphatic rings. The molecular weight excluding hydrogens is 176 g/mol. The predicted octanol–water partition coefficient (Wildman–Crippen LogP) is 1.47. The van der Waals surface area contributed by atoms with Gasteiger partial charge in [-0.1, -0.05) is 11.8 Å². The van der Waals surface area contributed by atoms with E-state index in [0.29, 0.717) is 5.17 Å². The monoisotopic (exact) mass is 190 g/mol. The molecule has 0 unspecified atom stereocenters. The molecule has 0 aromatic rings. The summed E-state index contributed by atoms with van der Waals surface area (Å²) in [7, 11) is 1.32. The third-order valence-corrected chi connectivity index (χ3v) is 1.56. The van der Waals surface area contributed by atoms with Gasteiger partial charge in [0, 0.05) is 6.04 Å². The van der Waals surface area contributed by atoms with Gasteiger partial charge >= 0.3 is 6.09 Å². The lowest BCUT2D eigenvalue weighted by Gasteiger charge is -2.05. The highest BCUT2D eigenvalue weighted by atomic mass is 32.2. The van der Waals surface area contributed by atoms with Gasteiger partial charge in [0.25, 0.3) is 0 Å². The second kappa shape index (κ2) is 5.88. The first kappa shape index (κ1) is 11.3. The summed E-state index contributed by atoms with van der Waals surface area (Å²) in [6.07, 6.45) is 1.36. The third-order valence-electron chi connectivity index (χ3n) is 0.963. The molecule has 0 aliphatic carbocycles. The largest absolute Gasteiger partial charge is 0.453 e. The van der Waals surface area contributed by atoms with Crippen LogP contribution < -0.4 is 5.32 Å². The highest BCUT2D eigenvalue weighted by Crippen LogP contribution is 1.98. The Morgan fingerprint density at radius 2 is 2.17 bits per heavy atom. The number of thioether (sulfide) groups is 1. The molecule has 0 aromatic heterocycles. The summed E-state index contributed by atoms with van der Waals surface area (Å²) >= 11 is 1.38. The molecule has 0 aliphatic heterocycles. The van der Waals surface area contributed by atoms with Crippen LogP contribution in [0.1, 0.15) is 13.8 Å². The molecule has 4 nitrogen and oxygen atoms in total. The Morgan fingerprint density at radius 3 is 2.50 bits per heavy atom. The minimum Gasteiger partial charge on any atom is -0.453 e. The first-order valence-electron chi connectivity index (χ1n) is 3.57. The number of methoxy groups -OCH3 is 1. The number of amides is 1. The third kappa shape index (κ3) is 5.01. The lowest BCUT2D eigenvalue weighted by atomic mass is 10.4.